The fourth-order valence-corrected chi connectivity index (χ4v) is 3.96. The molecule has 3 aromatic rings. The first-order chi connectivity index (χ1) is 13.2. The van der Waals surface area contributed by atoms with Gasteiger partial charge in [-0.15, -0.1) is 0 Å². The average Bonchev–Trinajstić information content (AvgIpc) is 3.36. The number of anilines is 3. The zero-order valence-electron chi connectivity index (χ0n) is 15.5. The van der Waals surface area contributed by atoms with Crippen LogP contribution in [-0.2, 0) is 4.74 Å². The van der Waals surface area contributed by atoms with Crippen LogP contribution >= 0.6 is 0 Å². The summed E-state index contributed by atoms with van der Waals surface area (Å²) in [7, 11) is 0. The Balaban J connectivity index is 1.38. The van der Waals surface area contributed by atoms with Crippen LogP contribution in [0.3, 0.4) is 0 Å². The largest absolute Gasteiger partial charge is 0.381 e. The van der Waals surface area contributed by atoms with Crippen molar-refractivity contribution in [2.45, 2.75) is 19.9 Å². The van der Waals surface area contributed by atoms with Gasteiger partial charge in [0.25, 0.3) is 0 Å². The second-order valence-corrected chi connectivity index (χ2v) is 7.63. The second kappa shape index (κ2) is 6.45. The molecule has 2 fully saturated rings. The Morgan fingerprint density at radius 1 is 1.11 bits per heavy atom. The van der Waals surface area contributed by atoms with Crippen molar-refractivity contribution >= 4 is 28.6 Å². The first kappa shape index (κ1) is 16.4. The SMILES string of the molecule is CC(C)n1cnc2cnc(Nc3ccnc(N4CC5COCC5C4)n3)cc21. The maximum Gasteiger partial charge on any atom is 0.227 e. The van der Waals surface area contributed by atoms with E-state index in [9.17, 15) is 0 Å². The van der Waals surface area contributed by atoms with Crippen molar-refractivity contribution in [2.24, 2.45) is 11.8 Å². The predicted molar refractivity (Wildman–Crippen MR) is 103 cm³/mol. The molecule has 2 aliphatic rings. The molecule has 0 aromatic carbocycles. The van der Waals surface area contributed by atoms with Gasteiger partial charge in [0.1, 0.15) is 17.2 Å². The van der Waals surface area contributed by atoms with Gasteiger partial charge in [-0.2, -0.15) is 4.98 Å². The van der Waals surface area contributed by atoms with Gasteiger partial charge in [-0.1, -0.05) is 0 Å². The van der Waals surface area contributed by atoms with E-state index in [1.807, 2.05) is 18.5 Å². The number of nitrogens with zero attached hydrogens (tertiary/aromatic N) is 6. The summed E-state index contributed by atoms with van der Waals surface area (Å²) < 4.78 is 7.70. The van der Waals surface area contributed by atoms with Crippen LogP contribution in [0, 0.1) is 11.8 Å². The number of imidazole rings is 1. The molecule has 140 valence electrons. The highest BCUT2D eigenvalue weighted by Gasteiger charge is 2.38. The van der Waals surface area contributed by atoms with Crippen LogP contribution in [0.5, 0.6) is 0 Å². The lowest BCUT2D eigenvalue weighted by Crippen LogP contribution is -2.24. The Morgan fingerprint density at radius 2 is 1.93 bits per heavy atom. The number of ether oxygens (including phenoxy) is 1. The van der Waals surface area contributed by atoms with E-state index in [2.05, 4.69) is 43.6 Å². The minimum absolute atomic E-state index is 0.342. The molecular weight excluding hydrogens is 342 g/mol. The van der Waals surface area contributed by atoms with Gasteiger partial charge in [0.05, 0.1) is 31.3 Å². The van der Waals surface area contributed by atoms with Gasteiger partial charge < -0.3 is 19.5 Å². The zero-order valence-corrected chi connectivity index (χ0v) is 15.5. The number of rotatable bonds is 4. The van der Waals surface area contributed by atoms with Gasteiger partial charge in [-0.25, -0.2) is 15.0 Å². The molecule has 0 saturated carbocycles. The van der Waals surface area contributed by atoms with Gasteiger partial charge in [0.2, 0.25) is 5.95 Å². The summed E-state index contributed by atoms with van der Waals surface area (Å²) in [5.74, 6) is 3.47. The number of nitrogens with one attached hydrogen (secondary N) is 1. The van der Waals surface area contributed by atoms with Crippen LogP contribution < -0.4 is 10.2 Å². The Kier molecular flexibility index (Phi) is 3.93. The molecule has 0 spiro atoms. The fourth-order valence-electron chi connectivity index (χ4n) is 3.96. The predicted octanol–water partition coefficient (Wildman–Crippen LogP) is 2.63. The third-order valence-electron chi connectivity index (χ3n) is 5.44. The maximum atomic E-state index is 5.56. The Morgan fingerprint density at radius 3 is 2.70 bits per heavy atom. The molecule has 0 aliphatic carbocycles. The van der Waals surface area contributed by atoms with Crippen molar-refractivity contribution < 1.29 is 4.74 Å². The van der Waals surface area contributed by atoms with E-state index in [0.717, 1.165) is 54.9 Å². The molecule has 8 nitrogen and oxygen atoms in total. The van der Waals surface area contributed by atoms with Crippen LogP contribution in [0.1, 0.15) is 19.9 Å². The van der Waals surface area contributed by atoms with E-state index in [4.69, 9.17) is 9.72 Å². The molecule has 2 saturated heterocycles. The minimum atomic E-state index is 0.342. The lowest BCUT2D eigenvalue weighted by atomic mass is 10.0. The summed E-state index contributed by atoms with van der Waals surface area (Å²) in [6.07, 6.45) is 5.45. The van der Waals surface area contributed by atoms with Crippen LogP contribution in [0.15, 0.2) is 30.9 Å². The van der Waals surface area contributed by atoms with Crippen molar-refractivity contribution in [2.75, 3.05) is 36.5 Å². The van der Waals surface area contributed by atoms with Crippen LogP contribution in [0.2, 0.25) is 0 Å². The van der Waals surface area contributed by atoms with Gasteiger partial charge in [0.15, 0.2) is 0 Å². The zero-order chi connectivity index (χ0) is 18.4. The summed E-state index contributed by atoms with van der Waals surface area (Å²) in [5, 5.41) is 3.31. The van der Waals surface area contributed by atoms with E-state index in [1.54, 1.807) is 12.4 Å². The Labute approximate surface area is 157 Å². The Bertz CT molecular complexity index is 958. The molecule has 2 atom stereocenters. The first-order valence-electron chi connectivity index (χ1n) is 9.43. The average molecular weight is 365 g/mol. The maximum absolute atomic E-state index is 5.56. The van der Waals surface area contributed by atoms with Gasteiger partial charge in [-0.3, -0.25) is 0 Å². The fraction of sp³-hybridized carbons (Fsp3) is 0.474. The highest BCUT2D eigenvalue weighted by Crippen LogP contribution is 2.31. The van der Waals surface area contributed by atoms with E-state index < -0.39 is 0 Å². The highest BCUT2D eigenvalue weighted by molar-refractivity contribution is 5.78. The van der Waals surface area contributed by atoms with Crippen molar-refractivity contribution in [1.29, 1.82) is 0 Å². The normalized spacial score (nSPS) is 22.0. The molecule has 8 heteroatoms. The smallest absolute Gasteiger partial charge is 0.227 e. The summed E-state index contributed by atoms with van der Waals surface area (Å²) in [4.78, 5) is 20.3. The lowest BCUT2D eigenvalue weighted by Gasteiger charge is -2.17. The molecule has 5 rings (SSSR count). The summed E-state index contributed by atoms with van der Waals surface area (Å²) in [5.41, 5.74) is 1.95. The van der Waals surface area contributed by atoms with Crippen molar-refractivity contribution in [3.8, 4) is 0 Å². The number of aromatic nitrogens is 5. The van der Waals surface area contributed by atoms with Crippen molar-refractivity contribution in [1.82, 2.24) is 24.5 Å². The molecule has 5 heterocycles. The molecule has 3 aromatic heterocycles. The topological polar surface area (TPSA) is 81.0 Å². The molecule has 0 bridgehead atoms. The monoisotopic (exact) mass is 365 g/mol. The third kappa shape index (κ3) is 2.99. The number of fused-ring (bicyclic) bond motifs is 2. The van der Waals surface area contributed by atoms with E-state index in [0.29, 0.717) is 17.9 Å². The van der Waals surface area contributed by atoms with E-state index >= 15 is 0 Å². The summed E-state index contributed by atoms with van der Waals surface area (Å²) in [6.45, 7) is 7.92. The van der Waals surface area contributed by atoms with Crippen molar-refractivity contribution in [3.63, 3.8) is 0 Å². The molecule has 0 amide bonds. The molecule has 2 aliphatic heterocycles. The summed E-state index contributed by atoms with van der Waals surface area (Å²) >= 11 is 0. The molecule has 27 heavy (non-hydrogen) atoms. The molecule has 2 unspecified atom stereocenters. The quantitative estimate of drug-likeness (QED) is 0.761. The van der Waals surface area contributed by atoms with E-state index in [1.165, 1.54) is 0 Å². The number of hydrogen-bond donors (Lipinski definition) is 1. The number of hydrogen-bond acceptors (Lipinski definition) is 7. The molecule has 0 radical (unpaired) electrons. The van der Waals surface area contributed by atoms with Crippen LogP contribution in [0.4, 0.5) is 17.6 Å². The molecular formula is C19H23N7O. The van der Waals surface area contributed by atoms with Crippen LogP contribution in [0.25, 0.3) is 11.0 Å². The number of pyridine rings is 1. The van der Waals surface area contributed by atoms with Gasteiger partial charge in [-0.05, 0) is 19.9 Å². The third-order valence-corrected chi connectivity index (χ3v) is 5.44. The highest BCUT2D eigenvalue weighted by atomic mass is 16.5. The first-order valence-corrected chi connectivity index (χ1v) is 9.43. The standard InChI is InChI=1S/C19H23N7O/c1-12(2)26-11-22-15-6-21-18(5-16(15)26)23-17-3-4-20-19(24-17)25-7-13-9-27-10-14(13)8-25/h3-6,11-14H,7-10H2,1-2H3,(H,20,21,23,24). The van der Waals surface area contributed by atoms with Crippen LogP contribution in [-0.4, -0.2) is 50.8 Å². The van der Waals surface area contributed by atoms with Gasteiger partial charge >= 0.3 is 0 Å². The van der Waals surface area contributed by atoms with E-state index in [-0.39, 0.29) is 0 Å². The second-order valence-electron chi connectivity index (χ2n) is 7.63. The van der Waals surface area contributed by atoms with Crippen molar-refractivity contribution in [3.05, 3.63) is 30.9 Å². The Hall–Kier alpha value is -2.74. The van der Waals surface area contributed by atoms with Gasteiger partial charge in [0, 0.05) is 43.2 Å². The summed E-state index contributed by atoms with van der Waals surface area (Å²) in [6, 6.07) is 4.23. The molecule has 1 N–H and O–H groups in total. The minimum Gasteiger partial charge on any atom is -0.381 e. The lowest BCUT2D eigenvalue weighted by molar-refractivity contribution is 0.177.